The molecular formula is C16H22O. The van der Waals surface area contributed by atoms with Crippen LogP contribution in [0.25, 0.3) is 0 Å². The molecule has 0 aliphatic heterocycles. The van der Waals surface area contributed by atoms with Crippen molar-refractivity contribution in [2.75, 3.05) is 0 Å². The lowest BCUT2D eigenvalue weighted by Crippen LogP contribution is -2.35. The second kappa shape index (κ2) is 4.81. The molecule has 2 aliphatic rings. The molecule has 4 atom stereocenters. The van der Waals surface area contributed by atoms with Crippen LogP contribution in [0.3, 0.4) is 0 Å². The van der Waals surface area contributed by atoms with Crippen LogP contribution in [0.15, 0.2) is 30.3 Å². The normalized spacial score (nSPS) is 37.5. The van der Waals surface area contributed by atoms with Gasteiger partial charge in [-0.2, -0.15) is 0 Å². The molecule has 0 unspecified atom stereocenters. The molecule has 1 aromatic carbocycles. The molecule has 92 valence electrons. The van der Waals surface area contributed by atoms with Crippen molar-refractivity contribution >= 4 is 0 Å². The zero-order valence-corrected chi connectivity index (χ0v) is 10.4. The maximum Gasteiger partial charge on any atom is 0.0611 e. The molecule has 0 heterocycles. The molecule has 3 rings (SSSR count). The van der Waals surface area contributed by atoms with E-state index in [9.17, 15) is 5.11 Å². The molecule has 1 heteroatoms. The van der Waals surface area contributed by atoms with Gasteiger partial charge < -0.3 is 5.11 Å². The molecule has 0 radical (unpaired) electrons. The molecule has 2 saturated carbocycles. The van der Waals surface area contributed by atoms with Crippen molar-refractivity contribution < 1.29 is 5.11 Å². The van der Waals surface area contributed by atoms with Crippen LogP contribution >= 0.6 is 0 Å². The molecule has 0 amide bonds. The van der Waals surface area contributed by atoms with Crippen LogP contribution in [0.4, 0.5) is 0 Å². The highest BCUT2D eigenvalue weighted by atomic mass is 16.3. The number of hydrogen-bond donors (Lipinski definition) is 1. The van der Waals surface area contributed by atoms with Crippen LogP contribution in [0.1, 0.15) is 50.0 Å². The van der Waals surface area contributed by atoms with Crippen molar-refractivity contribution in [3.63, 3.8) is 0 Å². The highest BCUT2D eigenvalue weighted by Gasteiger charge is 2.37. The average Bonchev–Trinajstić information content (AvgIpc) is 2.39. The van der Waals surface area contributed by atoms with Crippen molar-refractivity contribution in [3.8, 4) is 0 Å². The average molecular weight is 230 g/mol. The van der Waals surface area contributed by atoms with E-state index in [0.717, 1.165) is 18.3 Å². The molecule has 1 nitrogen and oxygen atoms in total. The lowest BCUT2D eigenvalue weighted by atomic mass is 9.65. The molecular weight excluding hydrogens is 208 g/mol. The summed E-state index contributed by atoms with van der Waals surface area (Å²) in [5.74, 6) is 2.06. The SMILES string of the molecule is O[C@H]1C[C@H]2CCCC[C@H]2C[C@H]1c1ccccc1. The standard InChI is InChI=1S/C16H22O/c17-16-11-14-9-5-4-8-13(14)10-15(16)12-6-2-1-3-7-12/h1-3,6-7,13-17H,4-5,8-11H2/t13-,14+,15-,16-/m0/s1. The first-order valence-electron chi connectivity index (χ1n) is 7.07. The van der Waals surface area contributed by atoms with Gasteiger partial charge in [0.25, 0.3) is 0 Å². The Hall–Kier alpha value is -0.820. The Labute approximate surface area is 104 Å². The Morgan fingerprint density at radius 1 is 0.882 bits per heavy atom. The molecule has 0 aromatic heterocycles. The Bertz CT molecular complexity index is 359. The van der Waals surface area contributed by atoms with Gasteiger partial charge in [-0.25, -0.2) is 0 Å². The third-order valence-corrected chi connectivity index (χ3v) is 4.86. The van der Waals surface area contributed by atoms with E-state index >= 15 is 0 Å². The summed E-state index contributed by atoms with van der Waals surface area (Å²) in [5.41, 5.74) is 1.34. The maximum atomic E-state index is 10.4. The van der Waals surface area contributed by atoms with E-state index in [2.05, 4.69) is 30.3 Å². The Morgan fingerprint density at radius 3 is 2.24 bits per heavy atom. The van der Waals surface area contributed by atoms with E-state index in [0.29, 0.717) is 5.92 Å². The topological polar surface area (TPSA) is 20.2 Å². The summed E-state index contributed by atoms with van der Waals surface area (Å²) in [6, 6.07) is 10.6. The van der Waals surface area contributed by atoms with Crippen LogP contribution in [-0.2, 0) is 0 Å². The third-order valence-electron chi connectivity index (χ3n) is 4.86. The Balaban J connectivity index is 1.78. The smallest absolute Gasteiger partial charge is 0.0611 e. The molecule has 0 bridgehead atoms. The fraction of sp³-hybridized carbons (Fsp3) is 0.625. The van der Waals surface area contributed by atoms with Gasteiger partial charge in [-0.1, -0.05) is 56.0 Å². The molecule has 17 heavy (non-hydrogen) atoms. The molecule has 2 fully saturated rings. The Kier molecular flexibility index (Phi) is 3.19. The van der Waals surface area contributed by atoms with E-state index in [1.54, 1.807) is 0 Å². The number of rotatable bonds is 1. The number of hydrogen-bond acceptors (Lipinski definition) is 1. The summed E-state index contributed by atoms with van der Waals surface area (Å²) >= 11 is 0. The third kappa shape index (κ3) is 2.26. The first-order valence-corrected chi connectivity index (χ1v) is 7.07. The maximum absolute atomic E-state index is 10.4. The van der Waals surface area contributed by atoms with Gasteiger partial charge in [0.05, 0.1) is 6.10 Å². The number of benzene rings is 1. The molecule has 1 aromatic rings. The fourth-order valence-electron chi connectivity index (χ4n) is 3.92. The van der Waals surface area contributed by atoms with E-state index in [1.807, 2.05) is 0 Å². The largest absolute Gasteiger partial charge is 0.392 e. The summed E-state index contributed by atoms with van der Waals surface area (Å²) < 4.78 is 0. The van der Waals surface area contributed by atoms with E-state index in [-0.39, 0.29) is 6.10 Å². The summed E-state index contributed by atoms with van der Waals surface area (Å²) in [7, 11) is 0. The first kappa shape index (κ1) is 11.3. The predicted molar refractivity (Wildman–Crippen MR) is 69.9 cm³/mol. The van der Waals surface area contributed by atoms with Crippen molar-refractivity contribution in [2.45, 2.75) is 50.5 Å². The lowest BCUT2D eigenvalue weighted by Gasteiger charge is -2.42. The summed E-state index contributed by atoms with van der Waals surface area (Å²) in [6.07, 6.45) is 7.64. The van der Waals surface area contributed by atoms with Gasteiger partial charge in [-0.05, 0) is 30.2 Å². The highest BCUT2D eigenvalue weighted by Crippen LogP contribution is 2.46. The number of aliphatic hydroxyl groups is 1. The van der Waals surface area contributed by atoms with Gasteiger partial charge in [0, 0.05) is 5.92 Å². The van der Waals surface area contributed by atoms with E-state index in [1.165, 1.54) is 37.7 Å². The van der Waals surface area contributed by atoms with E-state index < -0.39 is 0 Å². The highest BCUT2D eigenvalue weighted by molar-refractivity contribution is 5.21. The second-order valence-corrected chi connectivity index (χ2v) is 5.86. The van der Waals surface area contributed by atoms with Gasteiger partial charge >= 0.3 is 0 Å². The predicted octanol–water partition coefficient (Wildman–Crippen LogP) is 3.73. The van der Waals surface area contributed by atoms with Crippen LogP contribution in [0.2, 0.25) is 0 Å². The monoisotopic (exact) mass is 230 g/mol. The minimum atomic E-state index is -0.114. The molecule has 0 spiro atoms. The van der Waals surface area contributed by atoms with Gasteiger partial charge in [0.15, 0.2) is 0 Å². The quantitative estimate of drug-likeness (QED) is 0.779. The van der Waals surface area contributed by atoms with Crippen LogP contribution < -0.4 is 0 Å². The summed E-state index contributed by atoms with van der Waals surface area (Å²) in [6.45, 7) is 0. The van der Waals surface area contributed by atoms with Crippen molar-refractivity contribution in [1.29, 1.82) is 0 Å². The summed E-state index contributed by atoms with van der Waals surface area (Å²) in [5, 5.41) is 10.4. The zero-order chi connectivity index (χ0) is 11.7. The van der Waals surface area contributed by atoms with Gasteiger partial charge in [-0.15, -0.1) is 0 Å². The van der Waals surface area contributed by atoms with Crippen LogP contribution in [0.5, 0.6) is 0 Å². The van der Waals surface area contributed by atoms with Crippen molar-refractivity contribution in [2.24, 2.45) is 11.8 Å². The minimum Gasteiger partial charge on any atom is -0.392 e. The summed E-state index contributed by atoms with van der Waals surface area (Å²) in [4.78, 5) is 0. The molecule has 1 N–H and O–H groups in total. The number of fused-ring (bicyclic) bond motifs is 1. The Morgan fingerprint density at radius 2 is 1.53 bits per heavy atom. The lowest BCUT2D eigenvalue weighted by molar-refractivity contribution is 0.0294. The fourth-order valence-corrected chi connectivity index (χ4v) is 3.92. The first-order chi connectivity index (χ1) is 8.34. The zero-order valence-electron chi connectivity index (χ0n) is 10.4. The minimum absolute atomic E-state index is 0.114. The van der Waals surface area contributed by atoms with Gasteiger partial charge in [0.1, 0.15) is 0 Å². The van der Waals surface area contributed by atoms with Gasteiger partial charge in [0.2, 0.25) is 0 Å². The van der Waals surface area contributed by atoms with Crippen molar-refractivity contribution in [1.82, 2.24) is 0 Å². The van der Waals surface area contributed by atoms with Crippen LogP contribution in [0, 0.1) is 11.8 Å². The number of aliphatic hydroxyl groups excluding tert-OH is 1. The van der Waals surface area contributed by atoms with Crippen LogP contribution in [-0.4, -0.2) is 11.2 Å². The molecule has 2 aliphatic carbocycles. The second-order valence-electron chi connectivity index (χ2n) is 5.86. The van der Waals surface area contributed by atoms with Crippen molar-refractivity contribution in [3.05, 3.63) is 35.9 Å². The molecule has 0 saturated heterocycles. The van der Waals surface area contributed by atoms with Gasteiger partial charge in [-0.3, -0.25) is 0 Å². The van der Waals surface area contributed by atoms with E-state index in [4.69, 9.17) is 0 Å².